The molecule has 0 bridgehead atoms. The highest BCUT2D eigenvalue weighted by atomic mass is 31.2. The van der Waals surface area contributed by atoms with Gasteiger partial charge < -0.3 is 9.13 Å². The SMILES string of the molecule is Cn1cnnc1P(=O)(C1CC1)C1CC1. The second-order valence-corrected chi connectivity index (χ2v) is 7.69. The predicted molar refractivity (Wildman–Crippen MR) is 54.3 cm³/mol. The Kier molecular flexibility index (Phi) is 1.67. The van der Waals surface area contributed by atoms with E-state index in [4.69, 9.17) is 0 Å². The van der Waals surface area contributed by atoms with Gasteiger partial charge in [0.1, 0.15) is 6.33 Å². The van der Waals surface area contributed by atoms with Gasteiger partial charge in [0.05, 0.1) is 0 Å². The van der Waals surface area contributed by atoms with Crippen molar-refractivity contribution in [2.75, 3.05) is 0 Å². The van der Waals surface area contributed by atoms with Gasteiger partial charge in [0, 0.05) is 18.4 Å². The Labute approximate surface area is 83.1 Å². The maximum atomic E-state index is 12.9. The lowest BCUT2D eigenvalue weighted by molar-refractivity contribution is 0.577. The Morgan fingerprint density at radius 3 is 2.29 bits per heavy atom. The number of hydrogen-bond acceptors (Lipinski definition) is 3. The summed E-state index contributed by atoms with van der Waals surface area (Å²) in [5.74, 6) is 0. The Hall–Kier alpha value is -0.630. The van der Waals surface area contributed by atoms with Crippen molar-refractivity contribution in [1.29, 1.82) is 0 Å². The van der Waals surface area contributed by atoms with Crippen LogP contribution in [0.1, 0.15) is 25.7 Å². The molecule has 0 radical (unpaired) electrons. The molecule has 2 saturated carbocycles. The van der Waals surface area contributed by atoms with Crippen LogP contribution in [0.15, 0.2) is 6.33 Å². The summed E-state index contributed by atoms with van der Waals surface area (Å²) in [5, 5.41) is 7.91. The fourth-order valence-electron chi connectivity index (χ4n) is 2.13. The monoisotopic (exact) mass is 211 g/mol. The zero-order valence-electron chi connectivity index (χ0n) is 8.26. The Morgan fingerprint density at radius 1 is 1.36 bits per heavy atom. The van der Waals surface area contributed by atoms with E-state index < -0.39 is 7.14 Å². The number of rotatable bonds is 3. The fourth-order valence-corrected chi connectivity index (χ4v) is 5.95. The molecule has 14 heavy (non-hydrogen) atoms. The minimum atomic E-state index is -2.19. The van der Waals surface area contributed by atoms with Crippen LogP contribution in [-0.2, 0) is 11.6 Å². The number of hydrogen-bond donors (Lipinski definition) is 0. The molecule has 0 amide bonds. The third-order valence-corrected chi connectivity index (χ3v) is 7.41. The molecular weight excluding hydrogens is 197 g/mol. The van der Waals surface area contributed by atoms with E-state index in [1.165, 1.54) is 0 Å². The van der Waals surface area contributed by atoms with E-state index >= 15 is 0 Å². The lowest BCUT2D eigenvalue weighted by Gasteiger charge is -2.15. The van der Waals surface area contributed by atoms with E-state index in [1.807, 2.05) is 11.6 Å². The van der Waals surface area contributed by atoms with Gasteiger partial charge in [-0.1, -0.05) is 0 Å². The molecule has 1 aromatic rings. The number of nitrogens with zero attached hydrogens (tertiary/aromatic N) is 3. The third kappa shape index (κ3) is 1.10. The molecule has 1 aromatic heterocycles. The van der Waals surface area contributed by atoms with Crippen molar-refractivity contribution in [2.45, 2.75) is 37.0 Å². The number of aromatic nitrogens is 3. The largest absolute Gasteiger partial charge is 0.315 e. The number of aryl methyl sites for hydroxylation is 1. The van der Waals surface area contributed by atoms with Gasteiger partial charge >= 0.3 is 0 Å². The maximum absolute atomic E-state index is 12.9. The fraction of sp³-hybridized carbons (Fsp3) is 0.778. The van der Waals surface area contributed by atoms with Crippen LogP contribution in [0.5, 0.6) is 0 Å². The van der Waals surface area contributed by atoms with Crippen LogP contribution in [0.4, 0.5) is 0 Å². The molecule has 2 aliphatic carbocycles. The topological polar surface area (TPSA) is 47.8 Å². The molecule has 2 aliphatic rings. The van der Waals surface area contributed by atoms with Gasteiger partial charge in [0.25, 0.3) is 0 Å². The molecule has 76 valence electrons. The first-order valence-electron chi connectivity index (χ1n) is 5.17. The van der Waals surface area contributed by atoms with Crippen LogP contribution in [0.25, 0.3) is 0 Å². The van der Waals surface area contributed by atoms with Crippen LogP contribution in [0.2, 0.25) is 0 Å². The molecular formula is C9H14N3OP. The van der Waals surface area contributed by atoms with Crippen molar-refractivity contribution in [2.24, 2.45) is 7.05 Å². The predicted octanol–water partition coefficient (Wildman–Crippen LogP) is 1.13. The zero-order chi connectivity index (χ0) is 9.76. The quantitative estimate of drug-likeness (QED) is 0.704. The molecule has 0 saturated heterocycles. The van der Waals surface area contributed by atoms with E-state index in [9.17, 15) is 4.57 Å². The Balaban J connectivity index is 2.07. The third-order valence-electron chi connectivity index (χ3n) is 3.18. The van der Waals surface area contributed by atoms with E-state index in [1.54, 1.807) is 6.33 Å². The van der Waals surface area contributed by atoms with Crippen molar-refractivity contribution in [3.63, 3.8) is 0 Å². The van der Waals surface area contributed by atoms with Gasteiger partial charge in [-0.05, 0) is 25.7 Å². The molecule has 0 N–H and O–H groups in total. The van der Waals surface area contributed by atoms with E-state index in [-0.39, 0.29) is 0 Å². The first-order valence-corrected chi connectivity index (χ1v) is 7.01. The minimum absolute atomic E-state index is 0.429. The smallest absolute Gasteiger partial charge is 0.193 e. The summed E-state index contributed by atoms with van der Waals surface area (Å²) in [7, 11) is -0.298. The highest BCUT2D eigenvalue weighted by Gasteiger charge is 2.54. The van der Waals surface area contributed by atoms with Gasteiger partial charge in [-0.2, -0.15) is 0 Å². The average Bonchev–Trinajstić information content (AvgIpc) is 3.00. The summed E-state index contributed by atoms with van der Waals surface area (Å²) >= 11 is 0. The summed E-state index contributed by atoms with van der Waals surface area (Å²) in [6.07, 6.45) is 6.16. The minimum Gasteiger partial charge on any atom is -0.315 e. The Morgan fingerprint density at radius 2 is 1.93 bits per heavy atom. The van der Waals surface area contributed by atoms with Crippen molar-refractivity contribution < 1.29 is 4.57 Å². The molecule has 0 unspecified atom stereocenters. The van der Waals surface area contributed by atoms with Crippen LogP contribution in [-0.4, -0.2) is 26.1 Å². The lowest BCUT2D eigenvalue weighted by atomic mass is 10.9. The van der Waals surface area contributed by atoms with Crippen molar-refractivity contribution in [3.8, 4) is 0 Å². The second-order valence-electron chi connectivity index (χ2n) is 4.41. The molecule has 0 aliphatic heterocycles. The molecule has 2 fully saturated rings. The molecule has 5 heteroatoms. The standard InChI is InChI=1S/C9H14N3OP/c1-12-6-10-11-9(12)14(13,7-2-3-7)8-4-5-8/h6-8H,2-5H2,1H3. The van der Waals surface area contributed by atoms with Crippen LogP contribution in [0.3, 0.4) is 0 Å². The molecule has 3 rings (SSSR count). The molecule has 4 nitrogen and oxygen atoms in total. The van der Waals surface area contributed by atoms with Crippen molar-refractivity contribution >= 4 is 12.7 Å². The zero-order valence-corrected chi connectivity index (χ0v) is 9.15. The molecule has 0 aromatic carbocycles. The van der Waals surface area contributed by atoms with Crippen LogP contribution in [0, 0.1) is 0 Å². The summed E-state index contributed by atoms with van der Waals surface area (Å²) in [5.41, 5.74) is 1.62. The van der Waals surface area contributed by atoms with E-state index in [0.717, 1.165) is 31.2 Å². The summed E-state index contributed by atoms with van der Waals surface area (Å²) < 4.78 is 14.7. The first kappa shape index (κ1) is 8.66. The summed E-state index contributed by atoms with van der Waals surface area (Å²) in [4.78, 5) is 0. The Bertz CT molecular complexity index is 390. The van der Waals surface area contributed by atoms with Gasteiger partial charge in [-0.25, -0.2) is 0 Å². The maximum Gasteiger partial charge on any atom is 0.193 e. The normalized spacial score (nSPS) is 22.6. The highest BCUT2D eigenvalue weighted by molar-refractivity contribution is 7.73. The molecule has 0 atom stereocenters. The van der Waals surface area contributed by atoms with Crippen LogP contribution < -0.4 is 5.57 Å². The van der Waals surface area contributed by atoms with Gasteiger partial charge in [-0.15, -0.1) is 10.2 Å². The lowest BCUT2D eigenvalue weighted by Crippen LogP contribution is -2.21. The van der Waals surface area contributed by atoms with Crippen molar-refractivity contribution in [3.05, 3.63) is 6.33 Å². The van der Waals surface area contributed by atoms with Crippen molar-refractivity contribution in [1.82, 2.24) is 14.8 Å². The second kappa shape index (κ2) is 2.69. The van der Waals surface area contributed by atoms with Gasteiger partial charge in [0.15, 0.2) is 12.7 Å². The summed E-state index contributed by atoms with van der Waals surface area (Å²) in [6, 6.07) is 0. The molecule has 0 spiro atoms. The van der Waals surface area contributed by atoms with Gasteiger partial charge in [0.2, 0.25) is 0 Å². The summed E-state index contributed by atoms with van der Waals surface area (Å²) in [6.45, 7) is 0. The van der Waals surface area contributed by atoms with E-state index in [2.05, 4.69) is 10.2 Å². The highest BCUT2D eigenvalue weighted by Crippen LogP contribution is 2.68. The average molecular weight is 211 g/mol. The van der Waals surface area contributed by atoms with Gasteiger partial charge in [-0.3, -0.25) is 0 Å². The molecule has 1 heterocycles. The first-order chi connectivity index (χ1) is 6.73. The van der Waals surface area contributed by atoms with Crippen LogP contribution >= 0.6 is 7.14 Å². The van der Waals surface area contributed by atoms with E-state index in [0.29, 0.717) is 11.3 Å².